The molecule has 0 fully saturated rings. The molecule has 2 aromatic heterocycles. The number of nitrogens with one attached hydrogen (secondary N) is 1. The maximum absolute atomic E-state index is 13.0. The third-order valence-electron chi connectivity index (χ3n) is 4.03. The molecule has 0 radical (unpaired) electrons. The Labute approximate surface area is 141 Å². The van der Waals surface area contributed by atoms with Crippen LogP contribution >= 0.6 is 0 Å². The molecule has 2 heterocycles. The van der Waals surface area contributed by atoms with Crippen LogP contribution < -0.4 is 5.32 Å². The van der Waals surface area contributed by atoms with Gasteiger partial charge in [-0.1, -0.05) is 19.1 Å². The van der Waals surface area contributed by atoms with Crippen LogP contribution in [0.5, 0.6) is 0 Å². The summed E-state index contributed by atoms with van der Waals surface area (Å²) in [6, 6.07) is 12.7. The minimum atomic E-state index is -0.226. The molecular formula is C20H20FN3. The first kappa shape index (κ1) is 16.1. The van der Waals surface area contributed by atoms with Crippen LogP contribution in [-0.4, -0.2) is 9.97 Å². The highest BCUT2D eigenvalue weighted by Gasteiger charge is 2.07. The highest BCUT2D eigenvalue weighted by molar-refractivity contribution is 5.63. The Hall–Kier alpha value is -2.75. The van der Waals surface area contributed by atoms with Crippen molar-refractivity contribution in [1.82, 2.24) is 9.97 Å². The van der Waals surface area contributed by atoms with E-state index in [4.69, 9.17) is 0 Å². The fourth-order valence-corrected chi connectivity index (χ4v) is 2.55. The Kier molecular flexibility index (Phi) is 4.85. The second-order valence-electron chi connectivity index (χ2n) is 5.79. The van der Waals surface area contributed by atoms with Gasteiger partial charge in [-0.3, -0.25) is 4.98 Å². The number of rotatable bonds is 5. The molecule has 0 saturated heterocycles. The van der Waals surface area contributed by atoms with Crippen molar-refractivity contribution in [3.05, 3.63) is 78.0 Å². The van der Waals surface area contributed by atoms with Gasteiger partial charge in [0.25, 0.3) is 0 Å². The van der Waals surface area contributed by atoms with Crippen molar-refractivity contribution < 1.29 is 4.39 Å². The molecule has 1 N–H and O–H groups in total. The zero-order valence-corrected chi connectivity index (χ0v) is 13.8. The van der Waals surface area contributed by atoms with Crippen LogP contribution in [0.1, 0.15) is 31.0 Å². The summed E-state index contributed by atoms with van der Waals surface area (Å²) in [6.45, 7) is 4.14. The molecule has 4 heteroatoms. The summed E-state index contributed by atoms with van der Waals surface area (Å²) in [5, 5.41) is 3.33. The van der Waals surface area contributed by atoms with Crippen LogP contribution in [-0.2, 0) is 6.42 Å². The SMILES string of the molecule is CCc1cncc(-c2ccc(N[C@H](C)c3ccc(F)cc3)nc2)c1. The summed E-state index contributed by atoms with van der Waals surface area (Å²) < 4.78 is 13.0. The predicted octanol–water partition coefficient (Wildman–Crippen LogP) is 5.02. The molecule has 1 atom stereocenters. The normalized spacial score (nSPS) is 12.0. The number of halogens is 1. The summed E-state index contributed by atoms with van der Waals surface area (Å²) in [5.41, 5.74) is 4.33. The molecule has 0 amide bonds. The summed E-state index contributed by atoms with van der Waals surface area (Å²) in [5.74, 6) is 0.562. The number of aromatic nitrogens is 2. The number of aryl methyl sites for hydroxylation is 1. The number of hydrogen-bond acceptors (Lipinski definition) is 3. The van der Waals surface area contributed by atoms with Crippen LogP contribution in [0.2, 0.25) is 0 Å². The largest absolute Gasteiger partial charge is 0.364 e. The van der Waals surface area contributed by atoms with Gasteiger partial charge in [0.15, 0.2) is 0 Å². The fraction of sp³-hybridized carbons (Fsp3) is 0.200. The van der Waals surface area contributed by atoms with Crippen molar-refractivity contribution in [3.63, 3.8) is 0 Å². The van der Waals surface area contributed by atoms with Crippen molar-refractivity contribution in [2.45, 2.75) is 26.3 Å². The van der Waals surface area contributed by atoms with Crippen molar-refractivity contribution in [3.8, 4) is 11.1 Å². The molecule has 0 saturated carbocycles. The monoisotopic (exact) mass is 321 g/mol. The van der Waals surface area contributed by atoms with E-state index in [0.717, 1.165) is 28.9 Å². The van der Waals surface area contributed by atoms with Crippen LogP contribution in [0, 0.1) is 5.82 Å². The molecule has 0 unspecified atom stereocenters. The van der Waals surface area contributed by atoms with E-state index < -0.39 is 0 Å². The van der Waals surface area contributed by atoms with E-state index in [0.29, 0.717) is 0 Å². The average Bonchev–Trinajstić information content (AvgIpc) is 2.63. The topological polar surface area (TPSA) is 37.8 Å². The Bertz CT molecular complexity index is 798. The predicted molar refractivity (Wildman–Crippen MR) is 95.3 cm³/mol. The second kappa shape index (κ2) is 7.21. The minimum Gasteiger partial charge on any atom is -0.364 e. The average molecular weight is 321 g/mol. The van der Waals surface area contributed by atoms with E-state index >= 15 is 0 Å². The number of anilines is 1. The van der Waals surface area contributed by atoms with Gasteiger partial charge in [-0.25, -0.2) is 9.37 Å². The van der Waals surface area contributed by atoms with Gasteiger partial charge in [-0.15, -0.1) is 0 Å². The highest BCUT2D eigenvalue weighted by Crippen LogP contribution is 2.22. The molecule has 0 spiro atoms. The van der Waals surface area contributed by atoms with Gasteiger partial charge in [0.1, 0.15) is 11.6 Å². The maximum atomic E-state index is 13.0. The van der Waals surface area contributed by atoms with Gasteiger partial charge < -0.3 is 5.32 Å². The van der Waals surface area contributed by atoms with E-state index in [1.54, 1.807) is 12.1 Å². The molecule has 24 heavy (non-hydrogen) atoms. The van der Waals surface area contributed by atoms with Gasteiger partial charge in [0, 0.05) is 35.8 Å². The Morgan fingerprint density at radius 2 is 1.79 bits per heavy atom. The fourth-order valence-electron chi connectivity index (χ4n) is 2.55. The lowest BCUT2D eigenvalue weighted by Crippen LogP contribution is -2.07. The van der Waals surface area contributed by atoms with Crippen molar-refractivity contribution in [1.29, 1.82) is 0 Å². The Morgan fingerprint density at radius 3 is 2.46 bits per heavy atom. The Balaban J connectivity index is 1.73. The summed E-state index contributed by atoms with van der Waals surface area (Å²) in [4.78, 5) is 8.76. The molecular weight excluding hydrogens is 301 g/mol. The van der Waals surface area contributed by atoms with Gasteiger partial charge in [0.05, 0.1) is 0 Å². The Morgan fingerprint density at radius 1 is 1.00 bits per heavy atom. The van der Waals surface area contributed by atoms with Gasteiger partial charge in [0.2, 0.25) is 0 Å². The lowest BCUT2D eigenvalue weighted by atomic mass is 10.1. The zero-order chi connectivity index (χ0) is 16.9. The summed E-state index contributed by atoms with van der Waals surface area (Å²) in [6.07, 6.45) is 6.54. The van der Waals surface area contributed by atoms with E-state index in [9.17, 15) is 4.39 Å². The highest BCUT2D eigenvalue weighted by atomic mass is 19.1. The van der Waals surface area contributed by atoms with E-state index in [-0.39, 0.29) is 11.9 Å². The standard InChI is InChI=1S/C20H20FN3/c1-3-15-10-18(12-22-11-15)17-6-9-20(23-13-17)24-14(2)16-4-7-19(21)8-5-16/h4-14H,3H2,1-2H3,(H,23,24)/t14-/m1/s1. The lowest BCUT2D eigenvalue weighted by Gasteiger charge is -2.15. The van der Waals surface area contributed by atoms with Crippen molar-refractivity contribution in [2.24, 2.45) is 0 Å². The van der Waals surface area contributed by atoms with Crippen molar-refractivity contribution >= 4 is 5.82 Å². The molecule has 3 nitrogen and oxygen atoms in total. The molecule has 0 aliphatic rings. The van der Waals surface area contributed by atoms with Crippen LogP contribution in [0.25, 0.3) is 11.1 Å². The third kappa shape index (κ3) is 3.77. The second-order valence-corrected chi connectivity index (χ2v) is 5.79. The summed E-state index contributed by atoms with van der Waals surface area (Å²) in [7, 11) is 0. The third-order valence-corrected chi connectivity index (χ3v) is 4.03. The minimum absolute atomic E-state index is 0.0500. The molecule has 3 aromatic rings. The lowest BCUT2D eigenvalue weighted by molar-refractivity contribution is 0.626. The summed E-state index contributed by atoms with van der Waals surface area (Å²) >= 11 is 0. The van der Waals surface area contributed by atoms with Crippen LogP contribution in [0.4, 0.5) is 10.2 Å². The molecule has 3 rings (SSSR count). The van der Waals surface area contributed by atoms with E-state index in [1.165, 1.54) is 17.7 Å². The number of pyridine rings is 2. The van der Waals surface area contributed by atoms with E-state index in [2.05, 4.69) is 28.3 Å². The van der Waals surface area contributed by atoms with Crippen molar-refractivity contribution in [2.75, 3.05) is 5.32 Å². The van der Waals surface area contributed by atoms with Gasteiger partial charge in [-0.05, 0) is 54.8 Å². The number of benzene rings is 1. The first-order chi connectivity index (χ1) is 11.7. The number of hydrogen-bond donors (Lipinski definition) is 1. The maximum Gasteiger partial charge on any atom is 0.126 e. The molecule has 122 valence electrons. The molecule has 0 aliphatic carbocycles. The zero-order valence-electron chi connectivity index (χ0n) is 13.8. The van der Waals surface area contributed by atoms with E-state index in [1.807, 2.05) is 37.6 Å². The molecule has 1 aromatic carbocycles. The quantitative estimate of drug-likeness (QED) is 0.717. The molecule has 0 bridgehead atoms. The first-order valence-electron chi connectivity index (χ1n) is 8.08. The van der Waals surface area contributed by atoms with Crippen LogP contribution in [0.3, 0.4) is 0 Å². The smallest absolute Gasteiger partial charge is 0.126 e. The number of nitrogens with zero attached hydrogens (tertiary/aromatic N) is 2. The van der Waals surface area contributed by atoms with Gasteiger partial charge in [-0.2, -0.15) is 0 Å². The van der Waals surface area contributed by atoms with Gasteiger partial charge >= 0.3 is 0 Å². The first-order valence-corrected chi connectivity index (χ1v) is 8.08. The van der Waals surface area contributed by atoms with Crippen LogP contribution in [0.15, 0.2) is 61.1 Å². The molecule has 0 aliphatic heterocycles.